The number of nitrogens with zero attached hydrogens (tertiary/aromatic N) is 6. The zero-order chi connectivity index (χ0) is 20.5. The van der Waals surface area contributed by atoms with E-state index in [0.717, 1.165) is 12.4 Å². The van der Waals surface area contributed by atoms with E-state index in [0.29, 0.717) is 12.3 Å². The van der Waals surface area contributed by atoms with Crippen molar-refractivity contribution in [1.82, 2.24) is 29.9 Å². The SMILES string of the molecule is Nc1nc(Nc2ccnc(C(F)(F)F)c2)nc(-c2cncc(C(F)(F)F)n2)n1. The number of halogens is 6. The summed E-state index contributed by atoms with van der Waals surface area (Å²) in [5.74, 6) is -1.04. The van der Waals surface area contributed by atoms with Gasteiger partial charge in [-0.05, 0) is 12.1 Å². The fourth-order valence-corrected chi connectivity index (χ4v) is 1.97. The van der Waals surface area contributed by atoms with Crippen molar-refractivity contribution in [1.29, 1.82) is 0 Å². The first-order chi connectivity index (χ1) is 13.0. The molecule has 3 rings (SSSR count). The molecular formula is C14H8F6N8. The van der Waals surface area contributed by atoms with Gasteiger partial charge in [0, 0.05) is 11.9 Å². The molecule has 3 aromatic rings. The molecule has 0 fully saturated rings. The Hall–Kier alpha value is -3.58. The maximum absolute atomic E-state index is 12.8. The number of hydrogen-bond acceptors (Lipinski definition) is 8. The van der Waals surface area contributed by atoms with Crippen LogP contribution in [0.25, 0.3) is 11.5 Å². The largest absolute Gasteiger partial charge is 0.434 e. The summed E-state index contributed by atoms with van der Waals surface area (Å²) in [7, 11) is 0. The van der Waals surface area contributed by atoms with Crippen molar-refractivity contribution < 1.29 is 26.3 Å². The zero-order valence-corrected chi connectivity index (χ0v) is 13.4. The summed E-state index contributed by atoms with van der Waals surface area (Å²) in [6, 6.07) is 1.91. The minimum Gasteiger partial charge on any atom is -0.368 e. The molecular weight excluding hydrogens is 394 g/mol. The molecule has 0 saturated heterocycles. The molecule has 0 unspecified atom stereocenters. The molecule has 0 aromatic carbocycles. The second kappa shape index (κ2) is 6.86. The number of alkyl halides is 6. The van der Waals surface area contributed by atoms with Gasteiger partial charge in [-0.2, -0.15) is 41.3 Å². The second-order valence-corrected chi connectivity index (χ2v) is 5.18. The van der Waals surface area contributed by atoms with Gasteiger partial charge in [-0.1, -0.05) is 0 Å². The molecule has 0 spiro atoms. The van der Waals surface area contributed by atoms with Crippen molar-refractivity contribution in [3.8, 4) is 11.5 Å². The lowest BCUT2D eigenvalue weighted by atomic mass is 10.3. The molecule has 3 N–H and O–H groups in total. The molecule has 3 heterocycles. The van der Waals surface area contributed by atoms with E-state index in [2.05, 4.69) is 35.2 Å². The molecule has 0 atom stereocenters. The highest BCUT2D eigenvalue weighted by Crippen LogP contribution is 2.30. The van der Waals surface area contributed by atoms with E-state index in [-0.39, 0.29) is 23.2 Å². The van der Waals surface area contributed by atoms with E-state index < -0.39 is 29.7 Å². The Labute approximate surface area is 151 Å². The maximum atomic E-state index is 12.8. The first kappa shape index (κ1) is 19.2. The molecule has 0 aliphatic carbocycles. The molecule has 0 bridgehead atoms. The van der Waals surface area contributed by atoms with Crippen LogP contribution in [0.3, 0.4) is 0 Å². The van der Waals surface area contributed by atoms with Gasteiger partial charge >= 0.3 is 12.4 Å². The number of nitrogens with two attached hydrogens (primary N) is 1. The van der Waals surface area contributed by atoms with Gasteiger partial charge in [0.15, 0.2) is 11.5 Å². The number of hydrogen-bond donors (Lipinski definition) is 2. The minimum absolute atomic E-state index is 0.0750. The Morgan fingerprint density at radius 3 is 2.25 bits per heavy atom. The first-order valence-corrected chi connectivity index (χ1v) is 7.24. The van der Waals surface area contributed by atoms with Crippen LogP contribution in [0.15, 0.2) is 30.7 Å². The lowest BCUT2D eigenvalue weighted by molar-refractivity contribution is -0.142. The smallest absolute Gasteiger partial charge is 0.368 e. The second-order valence-electron chi connectivity index (χ2n) is 5.18. The van der Waals surface area contributed by atoms with E-state index in [9.17, 15) is 26.3 Å². The highest BCUT2D eigenvalue weighted by Gasteiger charge is 2.34. The third kappa shape index (κ3) is 4.39. The molecule has 14 heteroatoms. The predicted molar refractivity (Wildman–Crippen MR) is 82.8 cm³/mol. The Morgan fingerprint density at radius 1 is 0.857 bits per heavy atom. The maximum Gasteiger partial charge on any atom is 0.434 e. The minimum atomic E-state index is -4.74. The van der Waals surface area contributed by atoms with Gasteiger partial charge in [0.05, 0.1) is 12.4 Å². The molecule has 0 radical (unpaired) electrons. The van der Waals surface area contributed by atoms with Crippen LogP contribution in [0.5, 0.6) is 0 Å². The Bertz CT molecular complexity index is 1000. The highest BCUT2D eigenvalue weighted by molar-refractivity contribution is 5.58. The van der Waals surface area contributed by atoms with E-state index in [1.807, 2.05) is 0 Å². The van der Waals surface area contributed by atoms with E-state index in [4.69, 9.17) is 5.73 Å². The predicted octanol–water partition coefficient (Wildman–Crippen LogP) is 3.09. The standard InChI is InChI=1S/C14H8F6N8/c15-13(16,17)8-3-6(1-2-23-8)24-12-27-10(26-11(21)28-12)7-4-22-5-9(25-7)14(18,19)20/h1-5H,(H3,21,23,24,26,27,28). The van der Waals surface area contributed by atoms with Crippen LogP contribution in [0.2, 0.25) is 0 Å². The number of pyridine rings is 1. The van der Waals surface area contributed by atoms with E-state index in [1.165, 1.54) is 6.07 Å². The van der Waals surface area contributed by atoms with Crippen LogP contribution in [-0.2, 0) is 12.4 Å². The summed E-state index contributed by atoms with van der Waals surface area (Å²) in [4.78, 5) is 21.2. The van der Waals surface area contributed by atoms with Crippen molar-refractivity contribution in [2.75, 3.05) is 11.1 Å². The number of rotatable bonds is 3. The Morgan fingerprint density at radius 2 is 1.57 bits per heavy atom. The van der Waals surface area contributed by atoms with Crippen molar-refractivity contribution in [3.63, 3.8) is 0 Å². The van der Waals surface area contributed by atoms with Crippen LogP contribution in [0.4, 0.5) is 43.9 Å². The molecule has 28 heavy (non-hydrogen) atoms. The average molecular weight is 402 g/mol. The van der Waals surface area contributed by atoms with Crippen LogP contribution in [-0.4, -0.2) is 29.9 Å². The lowest BCUT2D eigenvalue weighted by Crippen LogP contribution is -2.11. The highest BCUT2D eigenvalue weighted by atomic mass is 19.4. The number of anilines is 3. The number of nitrogens with one attached hydrogen (secondary N) is 1. The fraction of sp³-hybridized carbons (Fsp3) is 0.143. The zero-order valence-electron chi connectivity index (χ0n) is 13.4. The number of nitrogen functional groups attached to an aromatic ring is 1. The van der Waals surface area contributed by atoms with Gasteiger partial charge in [0.1, 0.15) is 11.4 Å². The Kier molecular flexibility index (Phi) is 4.70. The van der Waals surface area contributed by atoms with Gasteiger partial charge < -0.3 is 11.1 Å². The molecule has 3 aromatic heterocycles. The molecule has 0 saturated carbocycles. The summed E-state index contributed by atoms with van der Waals surface area (Å²) < 4.78 is 76.5. The summed E-state index contributed by atoms with van der Waals surface area (Å²) in [5.41, 5.74) is 2.65. The monoisotopic (exact) mass is 402 g/mol. The van der Waals surface area contributed by atoms with Crippen LogP contribution < -0.4 is 11.1 Å². The van der Waals surface area contributed by atoms with Crippen molar-refractivity contribution in [2.24, 2.45) is 0 Å². The molecule has 146 valence electrons. The lowest BCUT2D eigenvalue weighted by Gasteiger charge is -2.10. The van der Waals surface area contributed by atoms with E-state index in [1.54, 1.807) is 0 Å². The topological polar surface area (TPSA) is 115 Å². The summed E-state index contributed by atoms with van der Waals surface area (Å²) in [6.07, 6.45) is -7.01. The van der Waals surface area contributed by atoms with Crippen LogP contribution in [0.1, 0.15) is 11.4 Å². The number of aromatic nitrogens is 6. The van der Waals surface area contributed by atoms with Crippen LogP contribution >= 0.6 is 0 Å². The van der Waals surface area contributed by atoms with Crippen molar-refractivity contribution in [2.45, 2.75) is 12.4 Å². The van der Waals surface area contributed by atoms with Crippen molar-refractivity contribution >= 4 is 17.6 Å². The van der Waals surface area contributed by atoms with Gasteiger partial charge in [0.25, 0.3) is 0 Å². The quantitative estimate of drug-likeness (QED) is 0.643. The average Bonchev–Trinajstić information content (AvgIpc) is 2.60. The van der Waals surface area contributed by atoms with Crippen LogP contribution in [0, 0.1) is 0 Å². The molecule has 0 aliphatic heterocycles. The van der Waals surface area contributed by atoms with Gasteiger partial charge in [-0.25, -0.2) is 4.98 Å². The third-order valence-electron chi connectivity index (χ3n) is 3.11. The van der Waals surface area contributed by atoms with Gasteiger partial charge in [-0.3, -0.25) is 9.97 Å². The first-order valence-electron chi connectivity index (χ1n) is 7.24. The summed E-state index contributed by atoms with van der Waals surface area (Å²) in [6.45, 7) is 0. The van der Waals surface area contributed by atoms with E-state index >= 15 is 0 Å². The molecule has 8 nitrogen and oxygen atoms in total. The summed E-state index contributed by atoms with van der Waals surface area (Å²) in [5, 5.41) is 2.46. The Balaban J connectivity index is 1.95. The summed E-state index contributed by atoms with van der Waals surface area (Å²) >= 11 is 0. The van der Waals surface area contributed by atoms with Gasteiger partial charge in [-0.15, -0.1) is 0 Å². The third-order valence-corrected chi connectivity index (χ3v) is 3.11. The fourth-order valence-electron chi connectivity index (χ4n) is 1.97. The molecule has 0 aliphatic rings. The van der Waals surface area contributed by atoms with Crippen molar-refractivity contribution in [3.05, 3.63) is 42.1 Å². The van der Waals surface area contributed by atoms with Gasteiger partial charge in [0.2, 0.25) is 11.9 Å². The normalized spacial score (nSPS) is 12.1. The molecule has 0 amide bonds.